The normalized spacial score (nSPS) is 19.1. The van der Waals surface area contributed by atoms with Gasteiger partial charge in [-0.2, -0.15) is 0 Å². The maximum atomic E-state index is 12.8. The first-order valence-electron chi connectivity index (χ1n) is 13.4. The highest BCUT2D eigenvalue weighted by Gasteiger charge is 2.51. The number of aromatic amines is 1. The number of H-pyrrole nitrogens is 1. The number of nitrogens with one attached hydrogen (secondary N) is 1. The molecule has 1 aliphatic heterocycles. The van der Waals surface area contributed by atoms with Gasteiger partial charge in [0.1, 0.15) is 23.8 Å². The van der Waals surface area contributed by atoms with E-state index in [0.29, 0.717) is 12.4 Å². The van der Waals surface area contributed by atoms with Crippen LogP contribution in [0.4, 0.5) is 0 Å². The molecule has 0 bridgehead atoms. The van der Waals surface area contributed by atoms with Gasteiger partial charge in [0, 0.05) is 12.6 Å². The van der Waals surface area contributed by atoms with E-state index in [4.69, 9.17) is 19.6 Å². The van der Waals surface area contributed by atoms with Crippen LogP contribution < -0.4 is 27.4 Å². The minimum Gasteiger partial charge on any atom is -0.405 e. The molecule has 3 N–H and O–H groups in total. The van der Waals surface area contributed by atoms with Gasteiger partial charge >= 0.3 is 5.69 Å². The van der Waals surface area contributed by atoms with E-state index in [1.807, 2.05) is 18.4 Å². The molecule has 2 heterocycles. The fourth-order valence-electron chi connectivity index (χ4n) is 5.26. The molecular weight excluding hydrogens is 575 g/mol. The van der Waals surface area contributed by atoms with Crippen molar-refractivity contribution in [2.45, 2.75) is 50.7 Å². The van der Waals surface area contributed by atoms with Crippen LogP contribution in [0.5, 0.6) is 0 Å². The predicted octanol–water partition coefficient (Wildman–Crippen LogP) is 3.06. The van der Waals surface area contributed by atoms with Crippen molar-refractivity contribution in [1.29, 1.82) is 0 Å². The van der Waals surface area contributed by atoms with E-state index in [9.17, 15) is 9.59 Å². The van der Waals surface area contributed by atoms with Crippen LogP contribution in [0, 0.1) is 11.8 Å². The lowest BCUT2D eigenvalue weighted by Crippen LogP contribution is -2.67. The summed E-state index contributed by atoms with van der Waals surface area (Å²) in [6.07, 6.45) is 2.43. The highest BCUT2D eigenvalue weighted by atomic mass is 33.1. The van der Waals surface area contributed by atoms with Gasteiger partial charge in [-0.1, -0.05) is 115 Å². The first kappa shape index (κ1) is 31.4. The van der Waals surface area contributed by atoms with Gasteiger partial charge in [0.25, 0.3) is 13.9 Å². The van der Waals surface area contributed by atoms with Crippen LogP contribution in [0.25, 0.3) is 0 Å². The summed E-state index contributed by atoms with van der Waals surface area (Å²) < 4.78 is 21.2. The Bertz CT molecular complexity index is 1430. The number of hydrogen-bond acceptors (Lipinski definition) is 8. The van der Waals surface area contributed by atoms with E-state index in [0.717, 1.165) is 0 Å². The number of nitrogens with zero attached hydrogens (tertiary/aromatic N) is 1. The fraction of sp³-hybridized carbons (Fsp3) is 0.400. The van der Waals surface area contributed by atoms with Crippen molar-refractivity contribution in [3.8, 4) is 11.8 Å². The van der Waals surface area contributed by atoms with E-state index in [-0.39, 0.29) is 29.9 Å². The number of ether oxygens (including phenoxy) is 2. The molecule has 0 amide bonds. The Morgan fingerprint density at radius 1 is 1.10 bits per heavy atom. The SMILES string of the molecule is CSSCO[C@@H]1C[C@H](n2cc(C#CCN)c(=O)[nH]c2=O)O[C@@H]1CO[Si](c1ccccc1)(c1ccccc1)C(C)(C)C. The zero-order valence-electron chi connectivity index (χ0n) is 23.8. The third-order valence-electron chi connectivity index (χ3n) is 7.11. The molecule has 0 aliphatic carbocycles. The topological polar surface area (TPSA) is 109 Å². The summed E-state index contributed by atoms with van der Waals surface area (Å²) in [6, 6.07) is 20.8. The standard InChI is InChI=1S/C30H37N3O5S2Si/c1-30(2,3)41(23-13-7-5-8-14-23,24-15-9-6-10-16-24)37-20-26-25(36-21-40-39-4)18-27(38-26)33-19-22(12-11-17-31)28(34)32-29(33)35/h5-10,13-16,19,25-27H,17-18,20-21,31H2,1-4H3,(H,32,34,35)/t25-,26-,27-/m1/s1. The highest BCUT2D eigenvalue weighted by molar-refractivity contribution is 8.76. The zero-order chi connectivity index (χ0) is 29.5. The van der Waals surface area contributed by atoms with Crippen molar-refractivity contribution in [1.82, 2.24) is 9.55 Å². The van der Waals surface area contributed by atoms with E-state index in [1.165, 1.54) is 21.1 Å². The van der Waals surface area contributed by atoms with Crippen molar-refractivity contribution in [2.24, 2.45) is 5.73 Å². The second-order valence-electron chi connectivity index (χ2n) is 10.7. The molecule has 0 spiro atoms. The summed E-state index contributed by atoms with van der Waals surface area (Å²) in [4.78, 5) is 27.5. The Labute approximate surface area is 249 Å². The Morgan fingerprint density at radius 2 is 1.73 bits per heavy atom. The quantitative estimate of drug-likeness (QED) is 0.118. The smallest absolute Gasteiger partial charge is 0.330 e. The van der Waals surface area contributed by atoms with Crippen molar-refractivity contribution >= 4 is 40.3 Å². The molecule has 1 saturated heterocycles. The van der Waals surface area contributed by atoms with E-state index in [2.05, 4.69) is 86.1 Å². The molecule has 8 nitrogen and oxygen atoms in total. The Balaban J connectivity index is 1.69. The zero-order valence-corrected chi connectivity index (χ0v) is 26.4. The second kappa shape index (κ2) is 14.1. The summed E-state index contributed by atoms with van der Waals surface area (Å²) in [5, 5.41) is 2.14. The van der Waals surface area contributed by atoms with Crippen LogP contribution in [-0.4, -0.2) is 55.4 Å². The number of rotatable bonds is 10. The van der Waals surface area contributed by atoms with Crippen molar-refractivity contribution in [2.75, 3.05) is 25.3 Å². The Hall–Kier alpha value is -2.56. The summed E-state index contributed by atoms with van der Waals surface area (Å²) in [5.74, 6) is 5.87. The summed E-state index contributed by atoms with van der Waals surface area (Å²) in [5.41, 5.74) is 4.52. The molecular formula is C30H37N3O5S2Si. The first-order chi connectivity index (χ1) is 19.7. The molecule has 2 aromatic carbocycles. The summed E-state index contributed by atoms with van der Waals surface area (Å²) >= 11 is 0. The van der Waals surface area contributed by atoms with E-state index >= 15 is 0 Å². The molecule has 1 fully saturated rings. The Kier molecular flexibility index (Phi) is 10.8. The molecule has 3 atom stereocenters. The number of benzene rings is 2. The van der Waals surface area contributed by atoms with Crippen LogP contribution in [0.15, 0.2) is 76.4 Å². The first-order valence-corrected chi connectivity index (χ1v) is 18.1. The van der Waals surface area contributed by atoms with E-state index < -0.39 is 31.9 Å². The lowest BCUT2D eigenvalue weighted by atomic mass is 10.2. The van der Waals surface area contributed by atoms with Gasteiger partial charge in [-0.25, -0.2) is 4.79 Å². The fourth-order valence-corrected chi connectivity index (χ4v) is 10.6. The van der Waals surface area contributed by atoms with Crippen LogP contribution in [0.3, 0.4) is 0 Å². The minimum absolute atomic E-state index is 0.100. The van der Waals surface area contributed by atoms with Crippen molar-refractivity contribution in [3.05, 3.63) is 93.3 Å². The largest absolute Gasteiger partial charge is 0.405 e. The molecule has 11 heteroatoms. The summed E-state index contributed by atoms with van der Waals surface area (Å²) in [7, 11) is 0.392. The van der Waals surface area contributed by atoms with Crippen molar-refractivity contribution in [3.63, 3.8) is 0 Å². The predicted molar refractivity (Wildman–Crippen MR) is 170 cm³/mol. The maximum absolute atomic E-state index is 12.8. The lowest BCUT2D eigenvalue weighted by Gasteiger charge is -2.43. The maximum Gasteiger partial charge on any atom is 0.330 e. The van der Waals surface area contributed by atoms with Crippen LogP contribution in [-0.2, 0) is 13.9 Å². The van der Waals surface area contributed by atoms with Gasteiger partial charge in [0.2, 0.25) is 0 Å². The van der Waals surface area contributed by atoms with Gasteiger partial charge in [-0.3, -0.25) is 14.3 Å². The van der Waals surface area contributed by atoms with Crippen LogP contribution >= 0.6 is 21.6 Å². The molecule has 4 rings (SSSR count). The van der Waals surface area contributed by atoms with Gasteiger partial charge in [0.05, 0.1) is 19.3 Å². The molecule has 41 heavy (non-hydrogen) atoms. The Morgan fingerprint density at radius 3 is 2.29 bits per heavy atom. The highest BCUT2D eigenvalue weighted by Crippen LogP contribution is 2.38. The average Bonchev–Trinajstić information content (AvgIpc) is 3.36. The third-order valence-corrected chi connectivity index (χ3v) is 13.6. The van der Waals surface area contributed by atoms with Gasteiger partial charge in [-0.15, -0.1) is 0 Å². The summed E-state index contributed by atoms with van der Waals surface area (Å²) in [6.45, 7) is 7.05. The van der Waals surface area contributed by atoms with Gasteiger partial charge < -0.3 is 19.6 Å². The monoisotopic (exact) mass is 611 g/mol. The molecule has 0 radical (unpaired) electrons. The number of hydrogen-bond donors (Lipinski definition) is 2. The number of aromatic nitrogens is 2. The third kappa shape index (κ3) is 7.09. The molecule has 1 aliphatic rings. The minimum atomic E-state index is -2.82. The molecule has 3 aromatic rings. The van der Waals surface area contributed by atoms with Crippen LogP contribution in [0.1, 0.15) is 39.0 Å². The van der Waals surface area contributed by atoms with Crippen molar-refractivity contribution < 1.29 is 13.9 Å². The molecule has 0 unspecified atom stereocenters. The average molecular weight is 612 g/mol. The van der Waals surface area contributed by atoms with Gasteiger partial charge in [0.15, 0.2) is 0 Å². The number of nitrogens with two attached hydrogens (primary N) is 1. The van der Waals surface area contributed by atoms with Crippen LogP contribution in [0.2, 0.25) is 5.04 Å². The second-order valence-corrected chi connectivity index (χ2v) is 17.5. The van der Waals surface area contributed by atoms with Gasteiger partial charge in [-0.05, 0) is 21.7 Å². The lowest BCUT2D eigenvalue weighted by molar-refractivity contribution is -0.0522. The molecule has 0 saturated carbocycles. The molecule has 1 aromatic heterocycles. The molecule has 218 valence electrons. The van der Waals surface area contributed by atoms with E-state index in [1.54, 1.807) is 21.6 Å².